The van der Waals surface area contributed by atoms with Crippen LogP contribution in [-0.2, 0) is 11.3 Å². The first-order chi connectivity index (χ1) is 16.4. The van der Waals surface area contributed by atoms with Crippen LogP contribution in [0.5, 0.6) is 0 Å². The highest BCUT2D eigenvalue weighted by Gasteiger charge is 2.49. The van der Waals surface area contributed by atoms with Crippen molar-refractivity contribution in [1.29, 1.82) is 0 Å². The number of fused-ring (bicyclic) bond motifs is 1. The third kappa shape index (κ3) is 4.06. The molecule has 7 heteroatoms. The molecule has 2 aromatic heterocycles. The van der Waals surface area contributed by atoms with Gasteiger partial charge in [-0.05, 0) is 62.8 Å². The molecule has 0 radical (unpaired) electrons. The maximum absolute atomic E-state index is 14.0. The van der Waals surface area contributed by atoms with E-state index in [4.69, 9.17) is 5.10 Å². The Labute approximate surface area is 205 Å². The van der Waals surface area contributed by atoms with Crippen LogP contribution < -0.4 is 10.2 Å². The summed E-state index contributed by atoms with van der Waals surface area (Å²) < 4.78 is 1.73. The van der Waals surface area contributed by atoms with Crippen LogP contribution in [0.3, 0.4) is 0 Å². The molecule has 0 bridgehead atoms. The number of hydrogen-bond acceptors (Lipinski definition) is 4. The number of nitrogens with one attached hydrogen (secondary N) is 1. The van der Waals surface area contributed by atoms with Crippen molar-refractivity contribution in [3.8, 4) is 10.6 Å². The molecule has 2 aliphatic rings. The molecule has 34 heavy (non-hydrogen) atoms. The van der Waals surface area contributed by atoms with E-state index >= 15 is 0 Å². The fourth-order valence-corrected chi connectivity index (χ4v) is 6.01. The van der Waals surface area contributed by atoms with Gasteiger partial charge >= 0.3 is 0 Å². The Hall–Kier alpha value is -2.93. The lowest BCUT2D eigenvalue weighted by Gasteiger charge is -2.44. The zero-order valence-corrected chi connectivity index (χ0v) is 21.0. The molecule has 1 aliphatic carbocycles. The highest BCUT2D eigenvalue weighted by molar-refractivity contribution is 7.13. The number of nitrogens with zero attached hydrogens (tertiary/aromatic N) is 3. The number of benzene rings is 1. The van der Waals surface area contributed by atoms with Crippen LogP contribution in [0.15, 0.2) is 41.8 Å². The Bertz CT molecular complexity index is 1210. The van der Waals surface area contributed by atoms with Crippen LogP contribution in [0.25, 0.3) is 10.6 Å². The average molecular weight is 477 g/mol. The van der Waals surface area contributed by atoms with Crippen molar-refractivity contribution in [1.82, 2.24) is 15.1 Å². The minimum atomic E-state index is -1.09. The van der Waals surface area contributed by atoms with E-state index in [2.05, 4.69) is 11.4 Å². The smallest absolute Gasteiger partial charge is 0.277 e. The van der Waals surface area contributed by atoms with Gasteiger partial charge in [0.1, 0.15) is 16.9 Å². The Morgan fingerprint density at radius 3 is 2.56 bits per heavy atom. The highest BCUT2D eigenvalue weighted by atomic mass is 32.1. The summed E-state index contributed by atoms with van der Waals surface area (Å²) in [6.07, 6.45) is 6.70. The standard InChI is InChI=1S/C27H32N4O2S/c1-18-12-13-22(19(2)15-18)31-25(32)23-16-21(24-11-8-14-34-24)29-30(23)17-27(31,3)26(33)28-20-9-6-4-5-7-10-20/h8,11-16,20H,4-7,9-10,17H2,1-3H3,(H,28,33)/t27-/m1/s1. The number of hydrogen-bond donors (Lipinski definition) is 1. The maximum Gasteiger partial charge on any atom is 0.277 e. The van der Waals surface area contributed by atoms with Crippen LogP contribution >= 0.6 is 11.3 Å². The van der Waals surface area contributed by atoms with E-state index in [1.54, 1.807) is 20.9 Å². The normalized spacial score (nSPS) is 21.3. The summed E-state index contributed by atoms with van der Waals surface area (Å²) in [6, 6.07) is 12.0. The predicted octanol–water partition coefficient (Wildman–Crippen LogP) is 5.49. The Morgan fingerprint density at radius 1 is 1.12 bits per heavy atom. The lowest BCUT2D eigenvalue weighted by Crippen LogP contribution is -2.65. The SMILES string of the molecule is Cc1ccc(N2C(=O)c3cc(-c4cccs4)nn3C[C@]2(C)C(=O)NC2CCCCCC2)c(C)c1. The molecule has 1 saturated carbocycles. The van der Waals surface area contributed by atoms with Crippen LogP contribution in [0.2, 0.25) is 0 Å². The van der Waals surface area contributed by atoms with Gasteiger partial charge in [0.2, 0.25) is 5.91 Å². The van der Waals surface area contributed by atoms with Crippen molar-refractivity contribution < 1.29 is 9.59 Å². The van der Waals surface area contributed by atoms with Gasteiger partial charge in [0.05, 0.1) is 11.4 Å². The molecule has 5 rings (SSSR count). The minimum absolute atomic E-state index is 0.105. The van der Waals surface area contributed by atoms with Crippen molar-refractivity contribution in [2.75, 3.05) is 4.90 Å². The number of amides is 2. The largest absolute Gasteiger partial charge is 0.351 e. The van der Waals surface area contributed by atoms with E-state index in [1.165, 1.54) is 12.8 Å². The molecule has 1 aromatic carbocycles. The molecule has 2 amide bonds. The van der Waals surface area contributed by atoms with E-state index in [-0.39, 0.29) is 17.9 Å². The molecule has 0 unspecified atom stereocenters. The minimum Gasteiger partial charge on any atom is -0.351 e. The summed E-state index contributed by atoms with van der Waals surface area (Å²) in [5.74, 6) is -0.293. The molecule has 3 aromatic rings. The fourth-order valence-electron chi connectivity index (χ4n) is 5.32. The number of rotatable bonds is 4. The summed E-state index contributed by atoms with van der Waals surface area (Å²) in [4.78, 5) is 30.6. The molecule has 1 fully saturated rings. The lowest BCUT2D eigenvalue weighted by atomic mass is 9.92. The molecule has 1 N–H and O–H groups in total. The van der Waals surface area contributed by atoms with E-state index in [0.717, 1.165) is 53.1 Å². The molecule has 1 aliphatic heterocycles. The summed E-state index contributed by atoms with van der Waals surface area (Å²) >= 11 is 1.59. The van der Waals surface area contributed by atoms with Crippen LogP contribution in [0.4, 0.5) is 5.69 Å². The molecular formula is C27H32N4O2S. The number of aryl methyl sites for hydroxylation is 2. The van der Waals surface area contributed by atoms with E-state index in [0.29, 0.717) is 12.2 Å². The van der Waals surface area contributed by atoms with Gasteiger partial charge in [0.25, 0.3) is 5.91 Å². The summed E-state index contributed by atoms with van der Waals surface area (Å²) in [6.45, 7) is 6.23. The highest BCUT2D eigenvalue weighted by Crippen LogP contribution is 2.37. The van der Waals surface area contributed by atoms with E-state index < -0.39 is 5.54 Å². The lowest BCUT2D eigenvalue weighted by molar-refractivity contribution is -0.127. The second-order valence-corrected chi connectivity index (χ2v) is 10.9. The Balaban J connectivity index is 1.57. The van der Waals surface area contributed by atoms with E-state index in [9.17, 15) is 9.59 Å². The first-order valence-corrected chi connectivity index (χ1v) is 13.1. The molecule has 178 valence electrons. The Kier molecular flexibility index (Phi) is 6.06. The van der Waals surface area contributed by atoms with Crippen molar-refractivity contribution >= 4 is 28.8 Å². The van der Waals surface area contributed by atoms with Crippen LogP contribution in [0, 0.1) is 13.8 Å². The molecule has 1 atom stereocenters. The first kappa shape index (κ1) is 22.8. The second-order valence-electron chi connectivity index (χ2n) is 9.92. The van der Waals surface area contributed by atoms with Crippen molar-refractivity contribution in [3.63, 3.8) is 0 Å². The quantitative estimate of drug-likeness (QED) is 0.507. The molecule has 3 heterocycles. The summed E-state index contributed by atoms with van der Waals surface area (Å²) in [5, 5.41) is 10.1. The van der Waals surface area contributed by atoms with Gasteiger partial charge in [-0.15, -0.1) is 11.3 Å². The third-order valence-electron chi connectivity index (χ3n) is 7.20. The van der Waals surface area contributed by atoms with Gasteiger partial charge in [-0.2, -0.15) is 5.10 Å². The first-order valence-electron chi connectivity index (χ1n) is 12.2. The van der Waals surface area contributed by atoms with Crippen molar-refractivity contribution in [2.45, 2.75) is 77.4 Å². The van der Waals surface area contributed by atoms with Crippen molar-refractivity contribution in [3.05, 3.63) is 58.6 Å². The molecule has 0 saturated heterocycles. The zero-order valence-electron chi connectivity index (χ0n) is 20.1. The van der Waals surface area contributed by atoms with Gasteiger partial charge in [0.15, 0.2) is 0 Å². The van der Waals surface area contributed by atoms with Gasteiger partial charge in [-0.1, -0.05) is 49.4 Å². The number of anilines is 1. The predicted molar refractivity (Wildman–Crippen MR) is 136 cm³/mol. The fraction of sp³-hybridized carbons (Fsp3) is 0.444. The number of carbonyl (C=O) groups is 2. The molecule has 6 nitrogen and oxygen atoms in total. The number of thiophene rings is 1. The topological polar surface area (TPSA) is 67.2 Å². The summed E-state index contributed by atoms with van der Waals surface area (Å²) in [7, 11) is 0. The zero-order chi connectivity index (χ0) is 23.9. The second kappa shape index (κ2) is 9.02. The summed E-state index contributed by atoms with van der Waals surface area (Å²) in [5.41, 5.74) is 3.08. The van der Waals surface area contributed by atoms with E-state index in [1.807, 2.05) is 56.5 Å². The van der Waals surface area contributed by atoms with Crippen molar-refractivity contribution in [2.24, 2.45) is 0 Å². The maximum atomic E-state index is 14.0. The van der Waals surface area contributed by atoms with Gasteiger partial charge in [-0.25, -0.2) is 0 Å². The van der Waals surface area contributed by atoms with Gasteiger partial charge in [0, 0.05) is 11.7 Å². The Morgan fingerprint density at radius 2 is 1.88 bits per heavy atom. The van der Waals surface area contributed by atoms with Crippen LogP contribution in [0.1, 0.15) is 67.1 Å². The average Bonchev–Trinajstić information content (AvgIpc) is 3.41. The van der Waals surface area contributed by atoms with Gasteiger partial charge in [-0.3, -0.25) is 19.2 Å². The third-order valence-corrected chi connectivity index (χ3v) is 8.09. The van der Waals surface area contributed by atoms with Gasteiger partial charge < -0.3 is 5.32 Å². The molecule has 0 spiro atoms. The number of carbonyl (C=O) groups excluding carboxylic acids is 2. The number of aromatic nitrogens is 2. The van der Waals surface area contributed by atoms with Crippen LogP contribution in [-0.4, -0.2) is 33.2 Å². The monoisotopic (exact) mass is 476 g/mol. The molecular weight excluding hydrogens is 444 g/mol.